The van der Waals surface area contributed by atoms with Gasteiger partial charge in [0.1, 0.15) is 5.75 Å². The molecule has 0 spiro atoms. The fraction of sp³-hybridized carbons (Fsp3) is 0.250. The summed E-state index contributed by atoms with van der Waals surface area (Å²) >= 11 is 0. The number of ether oxygens (including phenoxy) is 1. The van der Waals surface area contributed by atoms with Crippen LogP contribution in [-0.4, -0.2) is 23.1 Å². The van der Waals surface area contributed by atoms with Crippen molar-refractivity contribution in [2.45, 2.75) is 26.0 Å². The van der Waals surface area contributed by atoms with E-state index >= 15 is 0 Å². The fourth-order valence-corrected chi connectivity index (χ4v) is 2.75. The monoisotopic (exact) mass is 358 g/mol. The van der Waals surface area contributed by atoms with Crippen molar-refractivity contribution in [1.29, 1.82) is 0 Å². The summed E-state index contributed by atoms with van der Waals surface area (Å²) in [4.78, 5) is 12.1. The van der Waals surface area contributed by atoms with Gasteiger partial charge in [-0.1, -0.05) is 18.2 Å². The number of nitrogens with zero attached hydrogens (tertiary/aromatic N) is 1. The molecule has 0 bridgehead atoms. The molecule has 0 saturated heterocycles. The Kier molecular flexibility index (Phi) is 5.51. The van der Waals surface area contributed by atoms with Gasteiger partial charge in [0, 0.05) is 30.9 Å². The molecule has 3 aromatic rings. The first-order valence-electron chi connectivity index (χ1n) is 8.48. The van der Waals surface area contributed by atoms with Gasteiger partial charge in [-0.15, -0.1) is 0 Å². The molecule has 136 valence electrons. The zero-order valence-corrected chi connectivity index (χ0v) is 14.4. The molecule has 1 atom stereocenters. The number of hydrogen-bond donors (Lipinski definition) is 1. The minimum absolute atomic E-state index is 0.116. The number of rotatable bonds is 7. The number of aromatic nitrogens is 1. The highest BCUT2D eigenvalue weighted by molar-refractivity contribution is 5.81. The highest BCUT2D eigenvalue weighted by atomic mass is 19.2. The Balaban J connectivity index is 1.45. The number of benzene rings is 2. The van der Waals surface area contributed by atoms with Crippen LogP contribution in [0.1, 0.15) is 13.3 Å². The van der Waals surface area contributed by atoms with Crippen molar-refractivity contribution in [3.8, 4) is 5.75 Å². The summed E-state index contributed by atoms with van der Waals surface area (Å²) < 4.78 is 33.6. The molecule has 1 unspecified atom stereocenters. The van der Waals surface area contributed by atoms with Crippen LogP contribution in [0.2, 0.25) is 0 Å². The Bertz CT molecular complexity index is 908. The molecule has 3 rings (SSSR count). The fourth-order valence-electron chi connectivity index (χ4n) is 2.75. The number of carbonyl (C=O) groups excluding carboxylic acids is 1. The Morgan fingerprint density at radius 3 is 2.77 bits per heavy atom. The highest BCUT2D eigenvalue weighted by Gasteiger charge is 2.15. The van der Waals surface area contributed by atoms with E-state index in [0.29, 0.717) is 6.54 Å². The van der Waals surface area contributed by atoms with Crippen LogP contribution in [0.25, 0.3) is 10.9 Å². The maximum atomic E-state index is 13.2. The second kappa shape index (κ2) is 7.99. The van der Waals surface area contributed by atoms with E-state index < -0.39 is 17.7 Å². The van der Waals surface area contributed by atoms with Crippen molar-refractivity contribution >= 4 is 16.8 Å². The average molecular weight is 358 g/mol. The normalized spacial score (nSPS) is 12.1. The Morgan fingerprint density at radius 1 is 1.15 bits per heavy atom. The third kappa shape index (κ3) is 4.20. The van der Waals surface area contributed by atoms with E-state index in [-0.39, 0.29) is 11.7 Å². The van der Waals surface area contributed by atoms with Crippen LogP contribution in [0.3, 0.4) is 0 Å². The Morgan fingerprint density at radius 2 is 1.96 bits per heavy atom. The lowest BCUT2D eigenvalue weighted by Gasteiger charge is -2.15. The first kappa shape index (κ1) is 17.9. The van der Waals surface area contributed by atoms with Gasteiger partial charge in [0.2, 0.25) is 0 Å². The summed E-state index contributed by atoms with van der Waals surface area (Å²) in [6, 6.07) is 13.4. The van der Waals surface area contributed by atoms with Crippen molar-refractivity contribution < 1.29 is 18.3 Å². The van der Waals surface area contributed by atoms with Gasteiger partial charge in [-0.2, -0.15) is 0 Å². The highest BCUT2D eigenvalue weighted by Crippen LogP contribution is 2.17. The Labute approximate surface area is 150 Å². The quantitative estimate of drug-likeness (QED) is 0.651. The van der Waals surface area contributed by atoms with Crippen molar-refractivity contribution in [2.75, 3.05) is 6.54 Å². The number of fused-ring (bicyclic) bond motifs is 1. The van der Waals surface area contributed by atoms with Gasteiger partial charge in [-0.3, -0.25) is 4.79 Å². The molecule has 26 heavy (non-hydrogen) atoms. The number of aryl methyl sites for hydroxylation is 1. The van der Waals surface area contributed by atoms with Crippen LogP contribution in [0.5, 0.6) is 5.75 Å². The molecule has 1 aromatic heterocycles. The molecule has 1 heterocycles. The molecule has 2 aromatic carbocycles. The largest absolute Gasteiger partial charge is 0.481 e. The maximum absolute atomic E-state index is 13.2. The van der Waals surface area contributed by atoms with E-state index in [9.17, 15) is 13.6 Å². The summed E-state index contributed by atoms with van der Waals surface area (Å²) in [6.07, 6.45) is 2.00. The SMILES string of the molecule is CC(Oc1ccc(F)c(F)c1)C(=O)NCCCn1ccc2ccccc21. The molecular formula is C20H20F2N2O2. The molecule has 0 aliphatic heterocycles. The lowest BCUT2D eigenvalue weighted by atomic mass is 10.2. The standard InChI is InChI=1S/C20H20F2N2O2/c1-14(26-16-7-8-17(21)18(22)13-16)20(25)23-10-4-11-24-12-9-15-5-2-3-6-19(15)24/h2-3,5-9,12-14H,4,10-11H2,1H3,(H,23,25). The third-order valence-electron chi connectivity index (χ3n) is 4.13. The van der Waals surface area contributed by atoms with Crippen molar-refractivity contribution in [3.63, 3.8) is 0 Å². The van der Waals surface area contributed by atoms with Crippen LogP contribution in [0.15, 0.2) is 54.7 Å². The van der Waals surface area contributed by atoms with E-state index in [2.05, 4.69) is 28.1 Å². The van der Waals surface area contributed by atoms with Crippen LogP contribution in [0.4, 0.5) is 8.78 Å². The predicted octanol–water partition coefficient (Wildman–Crippen LogP) is 3.89. The summed E-state index contributed by atoms with van der Waals surface area (Å²) in [5.74, 6) is -2.14. The van der Waals surface area contributed by atoms with E-state index in [1.54, 1.807) is 6.92 Å². The van der Waals surface area contributed by atoms with Gasteiger partial charge in [0.05, 0.1) is 0 Å². The maximum Gasteiger partial charge on any atom is 0.260 e. The summed E-state index contributed by atoms with van der Waals surface area (Å²) in [6.45, 7) is 2.85. The van der Waals surface area contributed by atoms with E-state index in [1.165, 1.54) is 11.5 Å². The number of para-hydroxylation sites is 1. The van der Waals surface area contributed by atoms with Crippen LogP contribution >= 0.6 is 0 Å². The summed E-state index contributed by atoms with van der Waals surface area (Å²) in [7, 11) is 0. The molecule has 0 saturated carbocycles. The number of carbonyl (C=O) groups is 1. The van der Waals surface area contributed by atoms with Crippen LogP contribution < -0.4 is 10.1 Å². The van der Waals surface area contributed by atoms with Crippen molar-refractivity contribution in [3.05, 3.63) is 66.4 Å². The van der Waals surface area contributed by atoms with Crippen LogP contribution in [0, 0.1) is 11.6 Å². The molecule has 1 amide bonds. The van der Waals surface area contributed by atoms with Crippen molar-refractivity contribution in [2.24, 2.45) is 0 Å². The molecule has 0 aliphatic carbocycles. The molecule has 0 fully saturated rings. The number of nitrogens with one attached hydrogen (secondary N) is 1. The average Bonchev–Trinajstić information content (AvgIpc) is 3.05. The first-order chi connectivity index (χ1) is 12.5. The Hall–Kier alpha value is -2.89. The van der Waals surface area contributed by atoms with Gasteiger partial charge in [0.15, 0.2) is 17.7 Å². The molecular weight excluding hydrogens is 338 g/mol. The summed E-state index contributed by atoms with van der Waals surface area (Å²) in [5.41, 5.74) is 1.16. The topological polar surface area (TPSA) is 43.3 Å². The molecule has 0 radical (unpaired) electrons. The second-order valence-corrected chi connectivity index (χ2v) is 6.05. The zero-order valence-electron chi connectivity index (χ0n) is 14.4. The lowest BCUT2D eigenvalue weighted by Crippen LogP contribution is -2.37. The molecule has 0 aliphatic rings. The van der Waals surface area contributed by atoms with Gasteiger partial charge in [-0.25, -0.2) is 8.78 Å². The number of halogens is 2. The molecule has 4 nitrogen and oxygen atoms in total. The van der Waals surface area contributed by atoms with E-state index in [1.807, 2.05) is 18.3 Å². The predicted molar refractivity (Wildman–Crippen MR) is 96.0 cm³/mol. The smallest absolute Gasteiger partial charge is 0.260 e. The summed E-state index contributed by atoms with van der Waals surface area (Å²) in [5, 5.41) is 3.98. The minimum atomic E-state index is -1.01. The molecule has 6 heteroatoms. The van der Waals surface area contributed by atoms with Gasteiger partial charge in [0.25, 0.3) is 5.91 Å². The van der Waals surface area contributed by atoms with Crippen molar-refractivity contribution in [1.82, 2.24) is 9.88 Å². The second-order valence-electron chi connectivity index (χ2n) is 6.05. The molecule has 1 N–H and O–H groups in total. The third-order valence-corrected chi connectivity index (χ3v) is 4.13. The lowest BCUT2D eigenvalue weighted by molar-refractivity contribution is -0.127. The first-order valence-corrected chi connectivity index (χ1v) is 8.48. The van der Waals surface area contributed by atoms with E-state index in [4.69, 9.17) is 4.74 Å². The number of hydrogen-bond acceptors (Lipinski definition) is 2. The van der Waals surface area contributed by atoms with Gasteiger partial charge in [-0.05, 0) is 43.0 Å². The van der Waals surface area contributed by atoms with Gasteiger partial charge < -0.3 is 14.6 Å². The van der Waals surface area contributed by atoms with E-state index in [0.717, 1.165) is 30.6 Å². The zero-order chi connectivity index (χ0) is 18.5. The van der Waals surface area contributed by atoms with Crippen LogP contribution in [-0.2, 0) is 11.3 Å². The van der Waals surface area contributed by atoms with Gasteiger partial charge >= 0.3 is 0 Å². The minimum Gasteiger partial charge on any atom is -0.481 e. The number of amides is 1.